The average molecular weight is 485 g/mol. The Labute approximate surface area is 204 Å². The number of rotatable bonds is 6. The molecule has 0 bridgehead atoms. The summed E-state index contributed by atoms with van der Waals surface area (Å²) in [7, 11) is 0. The number of hydroxylamine groups is 1. The van der Waals surface area contributed by atoms with Crippen molar-refractivity contribution in [2.24, 2.45) is 5.92 Å². The molecule has 1 aromatic carbocycles. The van der Waals surface area contributed by atoms with E-state index in [9.17, 15) is 14.4 Å². The Bertz CT molecular complexity index is 1050. The largest absolute Gasteiger partial charge is 0.489 e. The molecule has 1 fully saturated rings. The second-order valence-electron chi connectivity index (χ2n) is 9.44. The molecule has 1 aromatic heterocycles. The summed E-state index contributed by atoms with van der Waals surface area (Å²) in [6, 6.07) is 9.69. The van der Waals surface area contributed by atoms with Crippen LogP contribution in [0.5, 0.6) is 5.75 Å². The minimum Gasteiger partial charge on any atom is -0.489 e. The van der Waals surface area contributed by atoms with Gasteiger partial charge >= 0.3 is 6.09 Å². The first-order valence-corrected chi connectivity index (χ1v) is 11.4. The van der Waals surface area contributed by atoms with Gasteiger partial charge in [-0.25, -0.2) is 10.3 Å². The molecule has 188 valence electrons. The summed E-state index contributed by atoms with van der Waals surface area (Å²) in [6.45, 7) is 7.90. The van der Waals surface area contributed by atoms with Crippen molar-refractivity contribution < 1.29 is 29.1 Å². The smallest absolute Gasteiger partial charge is 0.410 e. The Balaban J connectivity index is 1.65. The summed E-state index contributed by atoms with van der Waals surface area (Å²) in [5.41, 5.74) is 3.20. The Morgan fingerprint density at radius 1 is 1.17 bits per heavy atom. The highest BCUT2D eigenvalue weighted by Crippen LogP contribution is 2.22. The molecule has 3 rings (SSSR count). The fourth-order valence-electron chi connectivity index (χ4n) is 3.77. The zero-order chi connectivity index (χ0) is 25.6. The maximum atomic E-state index is 12.9. The zero-order valence-corrected chi connectivity index (χ0v) is 20.4. The molecule has 0 spiro atoms. The van der Waals surface area contributed by atoms with Crippen LogP contribution in [0.2, 0.25) is 0 Å². The number of hydrogen-bond donors (Lipinski definition) is 3. The van der Waals surface area contributed by atoms with Gasteiger partial charge in [-0.15, -0.1) is 0 Å². The molecule has 3 N–H and O–H groups in total. The molecule has 1 aliphatic rings. The Hall–Kier alpha value is -3.66. The molecular weight excluding hydrogens is 452 g/mol. The van der Waals surface area contributed by atoms with Gasteiger partial charge in [0.25, 0.3) is 5.91 Å². The zero-order valence-electron chi connectivity index (χ0n) is 20.4. The number of aryl methyl sites for hydroxylation is 1. The maximum Gasteiger partial charge on any atom is 0.410 e. The van der Waals surface area contributed by atoms with E-state index in [1.54, 1.807) is 56.7 Å². The molecule has 0 unspecified atom stereocenters. The molecule has 10 heteroatoms. The van der Waals surface area contributed by atoms with Crippen LogP contribution in [0, 0.1) is 12.8 Å². The normalized spacial score (nSPS) is 17.9. The van der Waals surface area contributed by atoms with E-state index >= 15 is 0 Å². The third-order valence-corrected chi connectivity index (χ3v) is 5.66. The summed E-state index contributed by atoms with van der Waals surface area (Å²) in [5.74, 6) is -1.14. The fraction of sp³-hybridized carbons (Fsp3) is 0.440. The molecule has 2 atom stereocenters. The van der Waals surface area contributed by atoms with Crippen molar-refractivity contribution >= 4 is 17.9 Å². The number of amides is 3. The van der Waals surface area contributed by atoms with E-state index < -0.39 is 35.5 Å². The number of ether oxygens (including phenoxy) is 2. The lowest BCUT2D eigenvalue weighted by molar-refractivity contribution is -0.135. The van der Waals surface area contributed by atoms with Gasteiger partial charge < -0.3 is 19.7 Å². The number of nitrogens with zero attached hydrogens (tertiary/aromatic N) is 2. The van der Waals surface area contributed by atoms with Crippen molar-refractivity contribution in [2.75, 3.05) is 13.1 Å². The van der Waals surface area contributed by atoms with Crippen LogP contribution in [-0.4, -0.2) is 57.7 Å². The van der Waals surface area contributed by atoms with Crippen LogP contribution >= 0.6 is 0 Å². The molecule has 1 aliphatic heterocycles. The second kappa shape index (κ2) is 11.2. The van der Waals surface area contributed by atoms with E-state index in [1.165, 1.54) is 4.90 Å². The highest BCUT2D eigenvalue weighted by Gasteiger charge is 2.38. The number of pyridine rings is 1. The number of hydrogen-bond acceptors (Lipinski definition) is 7. The first-order valence-electron chi connectivity index (χ1n) is 11.4. The standard InChI is InChI=1S/C25H32N4O6/c1-16-18(6-5-12-26-16)15-34-19-9-7-17(8-10-19)22(30)27-21-14-29(24(32)35-25(2,3)4)13-11-20(21)23(31)28-33/h5-10,12,20-21,33H,11,13-15H2,1-4H3,(H,27,30)(H,28,31)/t20-,21+/m0/s1. The number of benzene rings is 1. The van der Waals surface area contributed by atoms with Crippen molar-refractivity contribution in [1.82, 2.24) is 20.7 Å². The number of likely N-dealkylation sites (tertiary alicyclic amines) is 1. The molecule has 0 saturated carbocycles. The quantitative estimate of drug-likeness (QED) is 0.425. The van der Waals surface area contributed by atoms with Crippen molar-refractivity contribution in [1.29, 1.82) is 0 Å². The molecular formula is C25H32N4O6. The van der Waals surface area contributed by atoms with Crippen molar-refractivity contribution in [3.05, 3.63) is 59.4 Å². The van der Waals surface area contributed by atoms with Gasteiger partial charge in [0, 0.05) is 36.1 Å². The molecule has 0 aliphatic carbocycles. The number of piperidine rings is 1. The van der Waals surface area contributed by atoms with Crippen LogP contribution in [0.1, 0.15) is 48.8 Å². The van der Waals surface area contributed by atoms with Crippen molar-refractivity contribution in [3.8, 4) is 5.75 Å². The SMILES string of the molecule is Cc1ncccc1COc1ccc(C(=O)N[C@@H]2CN(C(=O)OC(C)(C)C)CC[C@@H]2C(=O)NO)cc1. The Morgan fingerprint density at radius 3 is 2.51 bits per heavy atom. The van der Waals surface area contributed by atoms with E-state index in [0.717, 1.165) is 11.3 Å². The third-order valence-electron chi connectivity index (χ3n) is 5.66. The number of nitrogens with one attached hydrogen (secondary N) is 2. The summed E-state index contributed by atoms with van der Waals surface area (Å²) in [4.78, 5) is 43.3. The molecule has 2 aromatic rings. The monoisotopic (exact) mass is 484 g/mol. The lowest BCUT2D eigenvalue weighted by Gasteiger charge is -2.38. The van der Waals surface area contributed by atoms with Crippen LogP contribution in [0.4, 0.5) is 4.79 Å². The van der Waals surface area contributed by atoms with E-state index in [2.05, 4.69) is 10.3 Å². The summed E-state index contributed by atoms with van der Waals surface area (Å²) in [6.07, 6.45) is 1.46. The third kappa shape index (κ3) is 7.16. The minimum absolute atomic E-state index is 0.0738. The summed E-state index contributed by atoms with van der Waals surface area (Å²) < 4.78 is 11.2. The van der Waals surface area contributed by atoms with Gasteiger partial charge in [0.2, 0.25) is 5.91 Å². The fourth-order valence-corrected chi connectivity index (χ4v) is 3.77. The van der Waals surface area contributed by atoms with Crippen molar-refractivity contribution in [2.45, 2.75) is 52.4 Å². The average Bonchev–Trinajstić information content (AvgIpc) is 2.82. The van der Waals surface area contributed by atoms with Gasteiger partial charge in [-0.3, -0.25) is 19.8 Å². The van der Waals surface area contributed by atoms with Gasteiger partial charge in [-0.05, 0) is 64.4 Å². The first kappa shape index (κ1) is 26.0. The van der Waals surface area contributed by atoms with Gasteiger partial charge in [0.1, 0.15) is 18.0 Å². The van der Waals surface area contributed by atoms with E-state index in [4.69, 9.17) is 14.7 Å². The van der Waals surface area contributed by atoms with E-state index in [0.29, 0.717) is 17.9 Å². The lowest BCUT2D eigenvalue weighted by Crippen LogP contribution is -2.57. The molecule has 35 heavy (non-hydrogen) atoms. The van der Waals surface area contributed by atoms with Crippen LogP contribution in [0.15, 0.2) is 42.6 Å². The first-order chi connectivity index (χ1) is 16.6. The van der Waals surface area contributed by atoms with Crippen LogP contribution < -0.4 is 15.5 Å². The van der Waals surface area contributed by atoms with Gasteiger partial charge in [0.15, 0.2) is 0 Å². The molecule has 1 saturated heterocycles. The topological polar surface area (TPSA) is 130 Å². The minimum atomic E-state index is -0.708. The van der Waals surface area contributed by atoms with E-state index in [1.807, 2.05) is 19.1 Å². The second-order valence-corrected chi connectivity index (χ2v) is 9.44. The Kier molecular flexibility index (Phi) is 8.29. The highest BCUT2D eigenvalue weighted by atomic mass is 16.6. The predicted octanol–water partition coefficient (Wildman–Crippen LogP) is 2.83. The predicted molar refractivity (Wildman–Crippen MR) is 127 cm³/mol. The summed E-state index contributed by atoms with van der Waals surface area (Å²) in [5, 5.41) is 12.0. The van der Waals surface area contributed by atoms with Gasteiger partial charge in [-0.2, -0.15) is 0 Å². The maximum absolute atomic E-state index is 12.9. The molecule has 10 nitrogen and oxygen atoms in total. The van der Waals surface area contributed by atoms with E-state index in [-0.39, 0.29) is 19.5 Å². The Morgan fingerprint density at radius 2 is 1.89 bits per heavy atom. The van der Waals surface area contributed by atoms with Crippen LogP contribution in [0.25, 0.3) is 0 Å². The van der Waals surface area contributed by atoms with Crippen LogP contribution in [-0.2, 0) is 16.1 Å². The van der Waals surface area contributed by atoms with Gasteiger partial charge in [-0.1, -0.05) is 6.07 Å². The highest BCUT2D eigenvalue weighted by molar-refractivity contribution is 5.95. The van der Waals surface area contributed by atoms with Crippen LogP contribution in [0.3, 0.4) is 0 Å². The molecule has 0 radical (unpaired) electrons. The molecule has 3 amide bonds. The number of carbonyl (C=O) groups is 3. The number of carbonyl (C=O) groups excluding carboxylic acids is 3. The lowest BCUT2D eigenvalue weighted by atomic mass is 9.90. The van der Waals surface area contributed by atoms with Gasteiger partial charge in [0.05, 0.1) is 12.0 Å². The number of aromatic nitrogens is 1. The summed E-state index contributed by atoms with van der Waals surface area (Å²) >= 11 is 0. The molecule has 2 heterocycles. The van der Waals surface area contributed by atoms with Crippen molar-refractivity contribution in [3.63, 3.8) is 0 Å².